The number of benzene rings is 1. The highest BCUT2D eigenvalue weighted by molar-refractivity contribution is 7.99. The molecule has 1 N–H and O–H groups in total. The Kier molecular flexibility index (Phi) is 6.01. The van der Waals surface area contributed by atoms with Crippen molar-refractivity contribution in [1.29, 1.82) is 0 Å². The van der Waals surface area contributed by atoms with Crippen LogP contribution in [-0.2, 0) is 4.79 Å². The van der Waals surface area contributed by atoms with Gasteiger partial charge in [-0.1, -0.05) is 43.7 Å². The Morgan fingerprint density at radius 2 is 2.04 bits per heavy atom. The SMILES string of the molecule is CC(C)n1c(SCC(=O)N[C@@H]2CCCC[C@H]2C)nc2ccccc2c1=O. The van der Waals surface area contributed by atoms with Gasteiger partial charge in [0.25, 0.3) is 5.56 Å². The Hall–Kier alpha value is -1.82. The van der Waals surface area contributed by atoms with Crippen LogP contribution in [0.4, 0.5) is 0 Å². The summed E-state index contributed by atoms with van der Waals surface area (Å²) in [6, 6.07) is 7.63. The van der Waals surface area contributed by atoms with Gasteiger partial charge in [-0.25, -0.2) is 4.98 Å². The first kappa shape index (κ1) is 19.0. The van der Waals surface area contributed by atoms with Gasteiger partial charge in [0, 0.05) is 12.1 Å². The van der Waals surface area contributed by atoms with E-state index in [1.807, 2.05) is 32.0 Å². The van der Waals surface area contributed by atoms with E-state index < -0.39 is 0 Å². The fourth-order valence-electron chi connectivity index (χ4n) is 3.59. The average molecular weight is 374 g/mol. The van der Waals surface area contributed by atoms with Crippen LogP contribution < -0.4 is 10.9 Å². The second kappa shape index (κ2) is 8.25. The lowest BCUT2D eigenvalue weighted by Crippen LogP contribution is -2.42. The van der Waals surface area contributed by atoms with Gasteiger partial charge in [0.15, 0.2) is 5.16 Å². The topological polar surface area (TPSA) is 64.0 Å². The number of amides is 1. The number of carbonyl (C=O) groups excluding carboxylic acids is 1. The highest BCUT2D eigenvalue weighted by Crippen LogP contribution is 2.24. The summed E-state index contributed by atoms with van der Waals surface area (Å²) in [6.07, 6.45) is 4.67. The second-order valence-electron chi connectivity index (χ2n) is 7.40. The minimum atomic E-state index is -0.0468. The lowest BCUT2D eigenvalue weighted by atomic mass is 9.86. The number of carbonyl (C=O) groups is 1. The summed E-state index contributed by atoms with van der Waals surface area (Å²) in [5.74, 6) is 0.831. The van der Waals surface area contributed by atoms with E-state index >= 15 is 0 Å². The van der Waals surface area contributed by atoms with E-state index in [-0.39, 0.29) is 29.3 Å². The number of hydrogen-bond acceptors (Lipinski definition) is 4. The molecule has 0 radical (unpaired) electrons. The Balaban J connectivity index is 1.76. The number of fused-ring (bicyclic) bond motifs is 1. The van der Waals surface area contributed by atoms with Gasteiger partial charge < -0.3 is 5.32 Å². The molecule has 0 bridgehead atoms. The summed E-state index contributed by atoms with van der Waals surface area (Å²) in [7, 11) is 0. The second-order valence-corrected chi connectivity index (χ2v) is 8.35. The Morgan fingerprint density at radius 3 is 2.77 bits per heavy atom. The van der Waals surface area contributed by atoms with Gasteiger partial charge in [0.2, 0.25) is 5.91 Å². The van der Waals surface area contributed by atoms with Crippen molar-refractivity contribution in [2.45, 2.75) is 63.7 Å². The zero-order chi connectivity index (χ0) is 18.7. The summed E-state index contributed by atoms with van der Waals surface area (Å²) in [5, 5.41) is 4.39. The van der Waals surface area contributed by atoms with Gasteiger partial charge in [-0.3, -0.25) is 14.2 Å². The van der Waals surface area contributed by atoms with E-state index in [1.165, 1.54) is 31.0 Å². The molecule has 0 unspecified atom stereocenters. The molecule has 0 spiro atoms. The molecule has 1 aromatic carbocycles. The normalized spacial score (nSPS) is 20.5. The number of nitrogens with one attached hydrogen (secondary N) is 1. The maximum absolute atomic E-state index is 12.8. The molecule has 2 atom stereocenters. The van der Waals surface area contributed by atoms with Gasteiger partial charge in [-0.15, -0.1) is 0 Å². The molecule has 1 amide bonds. The minimum absolute atomic E-state index is 0.0106. The lowest BCUT2D eigenvalue weighted by Gasteiger charge is -2.29. The van der Waals surface area contributed by atoms with Crippen molar-refractivity contribution in [1.82, 2.24) is 14.9 Å². The van der Waals surface area contributed by atoms with Crippen molar-refractivity contribution in [3.05, 3.63) is 34.6 Å². The number of hydrogen-bond donors (Lipinski definition) is 1. The maximum atomic E-state index is 12.8. The van der Waals surface area contributed by atoms with Crippen molar-refractivity contribution < 1.29 is 4.79 Å². The van der Waals surface area contributed by atoms with E-state index in [2.05, 4.69) is 17.2 Å². The van der Waals surface area contributed by atoms with E-state index in [9.17, 15) is 9.59 Å². The molecule has 1 aliphatic carbocycles. The quantitative estimate of drug-likeness (QED) is 0.640. The van der Waals surface area contributed by atoms with Crippen molar-refractivity contribution >= 4 is 28.6 Å². The van der Waals surface area contributed by atoms with Gasteiger partial charge in [0.1, 0.15) is 0 Å². The van der Waals surface area contributed by atoms with Crippen LogP contribution in [0.15, 0.2) is 34.2 Å². The predicted octanol–water partition coefficient (Wildman–Crippen LogP) is 3.76. The van der Waals surface area contributed by atoms with E-state index in [0.717, 1.165) is 6.42 Å². The smallest absolute Gasteiger partial charge is 0.262 e. The third-order valence-corrected chi connectivity index (χ3v) is 6.03. The maximum Gasteiger partial charge on any atom is 0.262 e. The van der Waals surface area contributed by atoms with Crippen LogP contribution in [0.25, 0.3) is 10.9 Å². The first-order valence-corrected chi connectivity index (χ1v) is 10.4. The molecule has 2 aromatic rings. The molecule has 1 aromatic heterocycles. The largest absolute Gasteiger partial charge is 0.352 e. The minimum Gasteiger partial charge on any atom is -0.352 e. The zero-order valence-corrected chi connectivity index (χ0v) is 16.5. The average Bonchev–Trinajstić information content (AvgIpc) is 2.61. The fourth-order valence-corrected chi connectivity index (χ4v) is 4.53. The fraction of sp³-hybridized carbons (Fsp3) is 0.550. The van der Waals surface area contributed by atoms with Crippen LogP contribution in [0, 0.1) is 5.92 Å². The standard InChI is InChI=1S/C20H27N3O2S/c1-13(2)23-19(25)15-9-5-7-11-17(15)22-20(23)26-12-18(24)21-16-10-6-4-8-14(16)3/h5,7,9,11,13-14,16H,4,6,8,10,12H2,1-3H3,(H,21,24)/t14-,16-/m1/s1. The number of rotatable bonds is 5. The number of aromatic nitrogens is 2. The number of para-hydroxylation sites is 1. The van der Waals surface area contributed by atoms with Crippen LogP contribution in [0.5, 0.6) is 0 Å². The Labute approximate surface area is 158 Å². The van der Waals surface area contributed by atoms with Crippen molar-refractivity contribution in [2.24, 2.45) is 5.92 Å². The third kappa shape index (κ3) is 4.11. The number of thioether (sulfide) groups is 1. The summed E-state index contributed by atoms with van der Waals surface area (Å²) in [5.41, 5.74) is 0.632. The third-order valence-electron chi connectivity index (χ3n) is 5.08. The first-order chi connectivity index (χ1) is 12.5. The van der Waals surface area contributed by atoms with Crippen molar-refractivity contribution in [3.63, 3.8) is 0 Å². The summed E-state index contributed by atoms with van der Waals surface area (Å²) >= 11 is 1.34. The van der Waals surface area contributed by atoms with Gasteiger partial charge in [-0.05, 0) is 44.7 Å². The monoisotopic (exact) mass is 373 g/mol. The molecule has 0 saturated heterocycles. The van der Waals surface area contributed by atoms with Gasteiger partial charge in [-0.2, -0.15) is 0 Å². The Morgan fingerprint density at radius 1 is 1.31 bits per heavy atom. The molecule has 3 rings (SSSR count). The number of nitrogens with zero attached hydrogens (tertiary/aromatic N) is 2. The zero-order valence-electron chi connectivity index (χ0n) is 15.7. The predicted molar refractivity (Wildman–Crippen MR) is 107 cm³/mol. The molecule has 140 valence electrons. The van der Waals surface area contributed by atoms with Gasteiger partial charge >= 0.3 is 0 Å². The first-order valence-electron chi connectivity index (χ1n) is 9.41. The molecule has 1 saturated carbocycles. The van der Waals surface area contributed by atoms with E-state index in [1.54, 1.807) is 10.6 Å². The molecule has 1 heterocycles. The van der Waals surface area contributed by atoms with Crippen LogP contribution in [0.3, 0.4) is 0 Å². The molecule has 1 aliphatic rings. The summed E-state index contributed by atoms with van der Waals surface area (Å²) < 4.78 is 1.68. The molecule has 26 heavy (non-hydrogen) atoms. The molecular formula is C20H27N3O2S. The van der Waals surface area contributed by atoms with Crippen LogP contribution in [0.2, 0.25) is 0 Å². The molecular weight excluding hydrogens is 346 g/mol. The van der Waals surface area contributed by atoms with Crippen molar-refractivity contribution in [2.75, 3.05) is 5.75 Å². The highest BCUT2D eigenvalue weighted by atomic mass is 32.2. The van der Waals surface area contributed by atoms with Crippen LogP contribution in [0.1, 0.15) is 52.5 Å². The molecule has 1 fully saturated rings. The lowest BCUT2D eigenvalue weighted by molar-refractivity contribution is -0.119. The Bertz CT molecular complexity index is 847. The molecule has 6 heteroatoms. The van der Waals surface area contributed by atoms with E-state index in [0.29, 0.717) is 22.0 Å². The summed E-state index contributed by atoms with van der Waals surface area (Å²) in [4.78, 5) is 29.9. The van der Waals surface area contributed by atoms with Crippen LogP contribution >= 0.6 is 11.8 Å². The molecule has 0 aliphatic heterocycles. The summed E-state index contributed by atoms with van der Waals surface area (Å²) in [6.45, 7) is 6.13. The van der Waals surface area contributed by atoms with Crippen LogP contribution in [-0.4, -0.2) is 27.3 Å². The van der Waals surface area contributed by atoms with Crippen molar-refractivity contribution in [3.8, 4) is 0 Å². The van der Waals surface area contributed by atoms with Gasteiger partial charge in [0.05, 0.1) is 16.7 Å². The molecule has 5 nitrogen and oxygen atoms in total. The highest BCUT2D eigenvalue weighted by Gasteiger charge is 2.23. The van der Waals surface area contributed by atoms with E-state index in [4.69, 9.17) is 0 Å².